The Bertz CT molecular complexity index is 376. The summed E-state index contributed by atoms with van der Waals surface area (Å²) in [5, 5.41) is 12.1. The number of aryl methyl sites for hydroxylation is 1. The Morgan fingerprint density at radius 2 is 2.00 bits per heavy atom. The first kappa shape index (κ1) is 14.5. The molecule has 0 radical (unpaired) electrons. The van der Waals surface area contributed by atoms with E-state index in [4.69, 9.17) is 5.73 Å². The van der Waals surface area contributed by atoms with E-state index in [1.807, 2.05) is 26.0 Å². The average Bonchev–Trinajstić information content (AvgIpc) is 2.37. The fourth-order valence-corrected chi connectivity index (χ4v) is 1.65. The number of carbonyl (C=O) groups is 1. The average molecular weight is 250 g/mol. The molecule has 4 heteroatoms. The molecule has 18 heavy (non-hydrogen) atoms. The molecule has 0 aliphatic heterocycles. The van der Waals surface area contributed by atoms with E-state index in [0.29, 0.717) is 6.42 Å². The molecule has 100 valence electrons. The quantitative estimate of drug-likeness (QED) is 0.717. The maximum atomic E-state index is 11.6. The Morgan fingerprint density at radius 1 is 1.39 bits per heavy atom. The maximum Gasteiger partial charge on any atom is 0.237 e. The molecule has 4 nitrogen and oxygen atoms in total. The zero-order chi connectivity index (χ0) is 13.5. The van der Waals surface area contributed by atoms with Crippen molar-refractivity contribution in [3.63, 3.8) is 0 Å². The van der Waals surface area contributed by atoms with E-state index < -0.39 is 6.04 Å². The van der Waals surface area contributed by atoms with Crippen LogP contribution in [0.1, 0.15) is 32.3 Å². The summed E-state index contributed by atoms with van der Waals surface area (Å²) in [5.41, 5.74) is 6.80. The van der Waals surface area contributed by atoms with Crippen LogP contribution in [0.5, 0.6) is 5.75 Å². The number of hydrogen-bond acceptors (Lipinski definition) is 3. The number of phenolic OH excluding ortho intramolecular Hbond substituents is 1. The van der Waals surface area contributed by atoms with E-state index in [-0.39, 0.29) is 17.7 Å². The SMILES string of the molecule is CC[C@H](N)C(=O)NC(C)CCc1ccc(O)cc1. The van der Waals surface area contributed by atoms with Gasteiger partial charge in [0.05, 0.1) is 6.04 Å². The Hall–Kier alpha value is -1.55. The van der Waals surface area contributed by atoms with Crippen molar-refractivity contribution in [3.05, 3.63) is 29.8 Å². The van der Waals surface area contributed by atoms with Crippen molar-refractivity contribution in [1.82, 2.24) is 5.32 Å². The van der Waals surface area contributed by atoms with E-state index in [9.17, 15) is 9.90 Å². The number of rotatable bonds is 6. The second-order valence-electron chi connectivity index (χ2n) is 4.63. The highest BCUT2D eigenvalue weighted by molar-refractivity contribution is 5.81. The molecule has 1 unspecified atom stereocenters. The highest BCUT2D eigenvalue weighted by Gasteiger charge is 2.13. The normalized spacial score (nSPS) is 13.9. The van der Waals surface area contributed by atoms with Crippen molar-refractivity contribution in [1.29, 1.82) is 0 Å². The third-order valence-electron chi connectivity index (χ3n) is 2.97. The molecule has 0 fully saturated rings. The van der Waals surface area contributed by atoms with E-state index in [1.165, 1.54) is 0 Å². The lowest BCUT2D eigenvalue weighted by Crippen LogP contribution is -2.44. The molecule has 0 bridgehead atoms. The van der Waals surface area contributed by atoms with E-state index in [2.05, 4.69) is 5.32 Å². The van der Waals surface area contributed by atoms with E-state index in [0.717, 1.165) is 18.4 Å². The second-order valence-corrected chi connectivity index (χ2v) is 4.63. The summed E-state index contributed by atoms with van der Waals surface area (Å²) in [4.78, 5) is 11.6. The summed E-state index contributed by atoms with van der Waals surface area (Å²) in [5.74, 6) is 0.185. The highest BCUT2D eigenvalue weighted by atomic mass is 16.3. The molecule has 0 spiro atoms. The van der Waals surface area contributed by atoms with Crippen molar-refractivity contribution in [2.24, 2.45) is 5.73 Å². The number of benzene rings is 1. The van der Waals surface area contributed by atoms with E-state index >= 15 is 0 Å². The minimum absolute atomic E-state index is 0.0873. The maximum absolute atomic E-state index is 11.6. The van der Waals surface area contributed by atoms with Gasteiger partial charge in [0.25, 0.3) is 0 Å². The summed E-state index contributed by atoms with van der Waals surface area (Å²) in [6.07, 6.45) is 2.37. The Balaban J connectivity index is 2.35. The molecular formula is C14H22N2O2. The fraction of sp³-hybridized carbons (Fsp3) is 0.500. The summed E-state index contributed by atoms with van der Waals surface area (Å²) in [6.45, 7) is 3.87. The summed E-state index contributed by atoms with van der Waals surface area (Å²) in [7, 11) is 0. The van der Waals surface area contributed by atoms with Crippen molar-refractivity contribution >= 4 is 5.91 Å². The molecule has 0 aliphatic carbocycles. The number of aromatic hydroxyl groups is 1. The lowest BCUT2D eigenvalue weighted by atomic mass is 10.1. The summed E-state index contributed by atoms with van der Waals surface area (Å²) >= 11 is 0. The fourth-order valence-electron chi connectivity index (χ4n) is 1.65. The van der Waals surface area contributed by atoms with Crippen LogP contribution in [0, 0.1) is 0 Å². The number of nitrogens with one attached hydrogen (secondary N) is 1. The highest BCUT2D eigenvalue weighted by Crippen LogP contribution is 2.11. The zero-order valence-corrected chi connectivity index (χ0v) is 11.0. The minimum Gasteiger partial charge on any atom is -0.508 e. The van der Waals surface area contributed by atoms with Gasteiger partial charge in [0.2, 0.25) is 5.91 Å². The van der Waals surface area contributed by atoms with Gasteiger partial charge in [-0.2, -0.15) is 0 Å². The molecular weight excluding hydrogens is 228 g/mol. The number of carbonyl (C=O) groups excluding carboxylic acids is 1. The first-order chi connectivity index (χ1) is 8.52. The van der Waals surface area contributed by atoms with Gasteiger partial charge in [0.15, 0.2) is 0 Å². The summed E-state index contributed by atoms with van der Waals surface area (Å²) in [6, 6.07) is 6.81. The molecule has 1 amide bonds. The lowest BCUT2D eigenvalue weighted by molar-refractivity contribution is -0.123. The van der Waals surface area contributed by atoms with Crippen LogP contribution in [0.3, 0.4) is 0 Å². The predicted molar refractivity (Wildman–Crippen MR) is 72.3 cm³/mol. The largest absolute Gasteiger partial charge is 0.508 e. The van der Waals surface area contributed by atoms with Crippen LogP contribution in [0.15, 0.2) is 24.3 Å². The minimum atomic E-state index is -0.416. The molecule has 4 N–H and O–H groups in total. The van der Waals surface area contributed by atoms with Gasteiger partial charge in [-0.1, -0.05) is 19.1 Å². The van der Waals surface area contributed by atoms with Gasteiger partial charge < -0.3 is 16.2 Å². The number of hydrogen-bond donors (Lipinski definition) is 3. The van der Waals surface area contributed by atoms with Gasteiger partial charge in [-0.15, -0.1) is 0 Å². The van der Waals surface area contributed by atoms with Gasteiger partial charge >= 0.3 is 0 Å². The van der Waals surface area contributed by atoms with Gasteiger partial charge in [0.1, 0.15) is 5.75 Å². The van der Waals surface area contributed by atoms with Crippen LogP contribution in [-0.4, -0.2) is 23.1 Å². The second kappa shape index (κ2) is 7.01. The van der Waals surface area contributed by atoms with Gasteiger partial charge in [-0.25, -0.2) is 0 Å². The zero-order valence-electron chi connectivity index (χ0n) is 11.0. The van der Waals surface area contributed by atoms with Crippen LogP contribution in [0.2, 0.25) is 0 Å². The van der Waals surface area contributed by atoms with Gasteiger partial charge in [0, 0.05) is 6.04 Å². The standard InChI is InChI=1S/C14H22N2O2/c1-3-13(15)14(18)16-10(2)4-5-11-6-8-12(17)9-7-11/h6-10,13,17H,3-5,15H2,1-2H3,(H,16,18)/t10?,13-/m0/s1. The molecule has 0 heterocycles. The molecule has 1 aromatic rings. The molecule has 0 saturated heterocycles. The molecule has 0 saturated carbocycles. The van der Waals surface area contributed by atoms with Gasteiger partial charge in [-0.3, -0.25) is 4.79 Å². The lowest BCUT2D eigenvalue weighted by Gasteiger charge is -2.16. The smallest absolute Gasteiger partial charge is 0.237 e. The van der Waals surface area contributed by atoms with Crippen molar-refractivity contribution < 1.29 is 9.90 Å². The van der Waals surface area contributed by atoms with Crippen molar-refractivity contribution in [3.8, 4) is 5.75 Å². The molecule has 1 aromatic carbocycles. The summed E-state index contributed by atoms with van der Waals surface area (Å²) < 4.78 is 0. The van der Waals surface area contributed by atoms with Crippen molar-refractivity contribution in [2.75, 3.05) is 0 Å². The molecule has 0 aromatic heterocycles. The topological polar surface area (TPSA) is 75.4 Å². The third kappa shape index (κ3) is 4.75. The van der Waals surface area contributed by atoms with Crippen LogP contribution < -0.4 is 11.1 Å². The Labute approximate surface area is 108 Å². The third-order valence-corrected chi connectivity index (χ3v) is 2.97. The van der Waals surface area contributed by atoms with Crippen LogP contribution in [0.25, 0.3) is 0 Å². The molecule has 2 atom stereocenters. The van der Waals surface area contributed by atoms with E-state index in [1.54, 1.807) is 12.1 Å². The predicted octanol–water partition coefficient (Wildman–Crippen LogP) is 1.57. The van der Waals surface area contributed by atoms with Crippen LogP contribution in [-0.2, 0) is 11.2 Å². The first-order valence-corrected chi connectivity index (χ1v) is 6.36. The monoisotopic (exact) mass is 250 g/mol. The molecule has 1 rings (SSSR count). The number of nitrogens with two attached hydrogens (primary N) is 1. The Kier molecular flexibility index (Phi) is 5.65. The van der Waals surface area contributed by atoms with Gasteiger partial charge in [-0.05, 0) is 43.9 Å². The first-order valence-electron chi connectivity index (χ1n) is 6.36. The van der Waals surface area contributed by atoms with Crippen LogP contribution in [0.4, 0.5) is 0 Å². The molecule has 0 aliphatic rings. The van der Waals surface area contributed by atoms with Crippen molar-refractivity contribution in [2.45, 2.75) is 45.2 Å². The Morgan fingerprint density at radius 3 is 2.56 bits per heavy atom. The number of amides is 1. The van der Waals surface area contributed by atoms with Crippen LogP contribution >= 0.6 is 0 Å². The number of phenols is 1.